The number of hydrogen-bond donors (Lipinski definition) is 1. The fourth-order valence-electron chi connectivity index (χ4n) is 2.14. The quantitative estimate of drug-likeness (QED) is 0.496. The zero-order valence-electron chi connectivity index (χ0n) is 11.1. The van der Waals surface area contributed by atoms with Crippen molar-refractivity contribution >= 4 is 23.1 Å². The summed E-state index contributed by atoms with van der Waals surface area (Å²) in [5, 5.41) is 10.3. The van der Waals surface area contributed by atoms with E-state index in [1.54, 1.807) is 12.1 Å². The standard InChI is InChI=1S/C9H9F.C5H4ClN3O2/c10-9-5-4-7-2-1-3-8(7)6-9;6-4-2-1-3(9(10)11)5(7)8-4/h4-6H,1-3H2;1-2H,(H2,7,8). The van der Waals surface area contributed by atoms with Gasteiger partial charge < -0.3 is 5.73 Å². The predicted molar refractivity (Wildman–Crippen MR) is 78.7 cm³/mol. The zero-order valence-corrected chi connectivity index (χ0v) is 11.8. The van der Waals surface area contributed by atoms with Crippen LogP contribution in [0.1, 0.15) is 17.5 Å². The molecule has 1 aliphatic carbocycles. The van der Waals surface area contributed by atoms with Gasteiger partial charge in [-0.05, 0) is 48.6 Å². The summed E-state index contributed by atoms with van der Waals surface area (Å²) < 4.78 is 12.6. The van der Waals surface area contributed by atoms with Crippen LogP contribution in [-0.2, 0) is 12.8 Å². The second-order valence-corrected chi connectivity index (χ2v) is 4.95. The highest BCUT2D eigenvalue weighted by Crippen LogP contribution is 2.22. The Kier molecular flexibility index (Phi) is 4.70. The van der Waals surface area contributed by atoms with Crippen molar-refractivity contribution in [1.29, 1.82) is 0 Å². The maximum atomic E-state index is 12.6. The number of rotatable bonds is 1. The van der Waals surface area contributed by atoms with E-state index in [2.05, 4.69) is 4.98 Å². The molecule has 0 saturated carbocycles. The Morgan fingerprint density at radius 3 is 2.62 bits per heavy atom. The summed E-state index contributed by atoms with van der Waals surface area (Å²) >= 11 is 5.41. The summed E-state index contributed by atoms with van der Waals surface area (Å²) in [5.41, 5.74) is 7.50. The van der Waals surface area contributed by atoms with Gasteiger partial charge in [-0.15, -0.1) is 0 Å². The molecule has 1 aromatic heterocycles. The number of anilines is 1. The third-order valence-electron chi connectivity index (χ3n) is 3.13. The van der Waals surface area contributed by atoms with Crippen LogP contribution in [-0.4, -0.2) is 9.91 Å². The number of benzene rings is 1. The largest absolute Gasteiger partial charge is 0.378 e. The number of nitro groups is 1. The maximum Gasteiger partial charge on any atom is 0.311 e. The zero-order chi connectivity index (χ0) is 15.4. The first-order chi connectivity index (χ1) is 9.97. The van der Waals surface area contributed by atoms with Gasteiger partial charge in [0.1, 0.15) is 11.0 Å². The first-order valence-electron chi connectivity index (χ1n) is 6.31. The van der Waals surface area contributed by atoms with Crippen LogP contribution >= 0.6 is 11.6 Å². The van der Waals surface area contributed by atoms with E-state index in [0.717, 1.165) is 12.8 Å². The highest BCUT2D eigenvalue weighted by Gasteiger charge is 2.11. The Labute approximate surface area is 125 Å². The second-order valence-electron chi connectivity index (χ2n) is 4.56. The van der Waals surface area contributed by atoms with Crippen LogP contribution in [0.15, 0.2) is 30.3 Å². The SMILES string of the molecule is Fc1ccc2c(c1)CCC2.Nc1nc(Cl)ccc1[N+](=O)[O-]. The molecule has 0 radical (unpaired) electrons. The van der Waals surface area contributed by atoms with Crippen molar-refractivity contribution in [3.05, 3.63) is 62.5 Å². The molecule has 0 unspecified atom stereocenters. The lowest BCUT2D eigenvalue weighted by Crippen LogP contribution is -1.97. The van der Waals surface area contributed by atoms with Gasteiger partial charge in [0.05, 0.1) is 4.92 Å². The summed E-state index contributed by atoms with van der Waals surface area (Å²) in [6.07, 6.45) is 3.39. The number of aromatic nitrogens is 1. The smallest absolute Gasteiger partial charge is 0.311 e. The molecule has 21 heavy (non-hydrogen) atoms. The molecule has 2 N–H and O–H groups in total. The molecule has 1 aliphatic rings. The lowest BCUT2D eigenvalue weighted by atomic mass is 10.1. The van der Waals surface area contributed by atoms with Crippen molar-refractivity contribution in [2.45, 2.75) is 19.3 Å². The lowest BCUT2D eigenvalue weighted by Gasteiger charge is -1.95. The minimum Gasteiger partial charge on any atom is -0.378 e. The molecule has 2 aromatic rings. The number of halogens is 2. The minimum atomic E-state index is -0.612. The van der Waals surface area contributed by atoms with Crippen LogP contribution in [0.2, 0.25) is 5.15 Å². The van der Waals surface area contributed by atoms with E-state index in [1.807, 2.05) is 6.07 Å². The third kappa shape index (κ3) is 3.88. The van der Waals surface area contributed by atoms with E-state index in [1.165, 1.54) is 29.7 Å². The van der Waals surface area contributed by atoms with Crippen LogP contribution in [0.3, 0.4) is 0 Å². The van der Waals surface area contributed by atoms with Crippen LogP contribution in [0.5, 0.6) is 0 Å². The van der Waals surface area contributed by atoms with E-state index < -0.39 is 4.92 Å². The molecule has 7 heteroatoms. The first-order valence-corrected chi connectivity index (χ1v) is 6.69. The van der Waals surface area contributed by atoms with Gasteiger partial charge >= 0.3 is 5.69 Å². The van der Waals surface area contributed by atoms with Gasteiger partial charge in [0.2, 0.25) is 5.82 Å². The fourth-order valence-corrected chi connectivity index (χ4v) is 2.29. The van der Waals surface area contributed by atoms with Crippen molar-refractivity contribution in [2.24, 2.45) is 0 Å². The Hall–Kier alpha value is -2.21. The number of aryl methyl sites for hydroxylation is 2. The number of fused-ring (bicyclic) bond motifs is 1. The van der Waals surface area contributed by atoms with Gasteiger partial charge in [-0.2, -0.15) is 0 Å². The van der Waals surface area contributed by atoms with E-state index in [-0.39, 0.29) is 22.5 Å². The molecule has 0 fully saturated rings. The number of nitrogens with two attached hydrogens (primary N) is 1. The highest BCUT2D eigenvalue weighted by molar-refractivity contribution is 6.29. The normalized spacial score (nSPS) is 12.3. The molecular formula is C14H13ClFN3O2. The first kappa shape index (κ1) is 15.2. The van der Waals surface area contributed by atoms with Gasteiger partial charge in [-0.3, -0.25) is 10.1 Å². The van der Waals surface area contributed by atoms with Gasteiger partial charge in [0.15, 0.2) is 0 Å². The Morgan fingerprint density at radius 1 is 1.24 bits per heavy atom. The number of pyridine rings is 1. The van der Waals surface area contributed by atoms with Crippen LogP contribution < -0.4 is 5.73 Å². The molecule has 5 nitrogen and oxygen atoms in total. The summed E-state index contributed by atoms with van der Waals surface area (Å²) in [4.78, 5) is 13.1. The summed E-state index contributed by atoms with van der Waals surface area (Å²) in [7, 11) is 0. The molecule has 0 spiro atoms. The van der Waals surface area contributed by atoms with E-state index in [0.29, 0.717) is 0 Å². The number of hydrogen-bond acceptors (Lipinski definition) is 4. The van der Waals surface area contributed by atoms with Crippen LogP contribution in [0.25, 0.3) is 0 Å². The molecule has 110 valence electrons. The van der Waals surface area contributed by atoms with Gasteiger partial charge in [-0.1, -0.05) is 17.7 Å². The van der Waals surface area contributed by atoms with Crippen LogP contribution in [0.4, 0.5) is 15.9 Å². The Balaban J connectivity index is 0.000000154. The van der Waals surface area contributed by atoms with Crippen molar-refractivity contribution in [1.82, 2.24) is 4.98 Å². The molecule has 1 heterocycles. The van der Waals surface area contributed by atoms with Gasteiger partial charge in [0.25, 0.3) is 0 Å². The highest BCUT2D eigenvalue weighted by atomic mass is 35.5. The average molecular weight is 310 g/mol. The van der Waals surface area contributed by atoms with Gasteiger partial charge in [0, 0.05) is 6.07 Å². The summed E-state index contributed by atoms with van der Waals surface area (Å²) in [6, 6.07) is 7.63. The topological polar surface area (TPSA) is 82.0 Å². The monoisotopic (exact) mass is 309 g/mol. The Bertz CT molecular complexity index is 679. The fraction of sp³-hybridized carbons (Fsp3) is 0.214. The van der Waals surface area contributed by atoms with Crippen LogP contribution in [0, 0.1) is 15.9 Å². The molecule has 1 aromatic carbocycles. The molecule has 0 amide bonds. The van der Waals surface area contributed by atoms with Gasteiger partial charge in [-0.25, -0.2) is 9.37 Å². The molecule has 0 bridgehead atoms. The predicted octanol–water partition coefficient (Wildman–Crippen LogP) is 3.54. The number of nitrogens with zero attached hydrogens (tertiary/aromatic N) is 2. The van der Waals surface area contributed by atoms with E-state index >= 15 is 0 Å². The van der Waals surface area contributed by atoms with Crippen molar-refractivity contribution < 1.29 is 9.31 Å². The van der Waals surface area contributed by atoms with E-state index in [4.69, 9.17) is 17.3 Å². The lowest BCUT2D eigenvalue weighted by molar-refractivity contribution is -0.384. The number of nitrogen functional groups attached to an aromatic ring is 1. The van der Waals surface area contributed by atoms with Crippen molar-refractivity contribution in [3.63, 3.8) is 0 Å². The van der Waals surface area contributed by atoms with E-state index in [9.17, 15) is 14.5 Å². The molecule has 0 saturated heterocycles. The van der Waals surface area contributed by atoms with Crippen molar-refractivity contribution in [3.8, 4) is 0 Å². The molecule has 0 aliphatic heterocycles. The third-order valence-corrected chi connectivity index (χ3v) is 3.34. The Morgan fingerprint density at radius 2 is 1.95 bits per heavy atom. The minimum absolute atomic E-state index is 0.0966. The average Bonchev–Trinajstić information content (AvgIpc) is 2.86. The molecule has 3 rings (SSSR count). The van der Waals surface area contributed by atoms with Crippen molar-refractivity contribution in [2.75, 3.05) is 5.73 Å². The summed E-state index contributed by atoms with van der Waals surface area (Å²) in [6.45, 7) is 0. The molecule has 0 atom stereocenters. The molecular weight excluding hydrogens is 297 g/mol. The second kappa shape index (κ2) is 6.49. The maximum absolute atomic E-state index is 12.6. The summed E-state index contributed by atoms with van der Waals surface area (Å²) in [5.74, 6) is -0.261.